The number of hydrogen-bond donors (Lipinski definition) is 2. The van der Waals surface area contributed by atoms with Crippen molar-refractivity contribution in [1.29, 1.82) is 0 Å². The maximum Gasteiger partial charge on any atom is 0.312 e. The average Bonchev–Trinajstić information content (AvgIpc) is 1.59. The third kappa shape index (κ3) is 26.4. The van der Waals surface area contributed by atoms with Crippen LogP contribution in [0.2, 0.25) is 0 Å². The molecule has 1 saturated heterocycles. The van der Waals surface area contributed by atoms with E-state index in [0.717, 1.165) is 189 Å². The Balaban J connectivity index is -0.00000143. The Morgan fingerprint density at radius 3 is 1.04 bits per heavy atom. The highest BCUT2D eigenvalue weighted by Crippen LogP contribution is 2.66. The van der Waals surface area contributed by atoms with Crippen LogP contribution in [0.25, 0.3) is 0 Å². The molecule has 17 saturated carbocycles. The highest BCUT2D eigenvalue weighted by Gasteiger charge is 2.64. The van der Waals surface area contributed by atoms with Crippen molar-refractivity contribution < 1.29 is 57.9 Å². The Kier molecular flexibility index (Phi) is 50.8. The molecule has 129 heavy (non-hydrogen) atoms. The lowest BCUT2D eigenvalue weighted by Gasteiger charge is -2.52. The number of carbonyl (C=O) groups is 5. The highest BCUT2D eigenvalue weighted by atomic mass is 16.6. The molecule has 0 amide bonds. The van der Waals surface area contributed by atoms with E-state index in [4.69, 9.17) is 23.7 Å². The molecule has 770 valence electrons. The van der Waals surface area contributed by atoms with E-state index in [1.807, 2.05) is 48.5 Å². The Labute approximate surface area is 805 Å². The van der Waals surface area contributed by atoms with Gasteiger partial charge >= 0.3 is 29.8 Å². The van der Waals surface area contributed by atoms with Crippen molar-refractivity contribution in [3.8, 4) is 0 Å². The zero-order chi connectivity index (χ0) is 84.2. The number of cyclic esters (lactones) is 1. The van der Waals surface area contributed by atoms with Gasteiger partial charge in [-0.2, -0.15) is 0 Å². The molecule has 0 aromatic carbocycles. The summed E-state index contributed by atoms with van der Waals surface area (Å²) < 4.78 is 28.8. The average molecular weight is 1830 g/mol. The maximum absolute atomic E-state index is 13.1. The van der Waals surface area contributed by atoms with Gasteiger partial charge < -0.3 is 33.9 Å². The Bertz CT molecular complexity index is 3290. The topological polar surface area (TPSA) is 172 Å². The van der Waals surface area contributed by atoms with Crippen molar-refractivity contribution >= 4 is 29.8 Å². The van der Waals surface area contributed by atoms with Crippen LogP contribution in [0.4, 0.5) is 0 Å². The number of aliphatic hydroxyl groups is 2. The van der Waals surface area contributed by atoms with Crippen LogP contribution in [0.15, 0.2) is 0 Å². The van der Waals surface area contributed by atoms with Crippen LogP contribution >= 0.6 is 0 Å². The molecule has 37 atom stereocenters. The first kappa shape index (κ1) is 130. The molecule has 12 nitrogen and oxygen atoms in total. The minimum absolute atomic E-state index is 0. The van der Waals surface area contributed by atoms with Gasteiger partial charge in [-0.1, -0.05) is 247 Å². The summed E-state index contributed by atoms with van der Waals surface area (Å²) in [5.41, 5.74) is -1.44. The van der Waals surface area contributed by atoms with E-state index in [-0.39, 0.29) is 197 Å². The van der Waals surface area contributed by atoms with Gasteiger partial charge in [0.2, 0.25) is 0 Å². The Hall–Kier alpha value is -2.73. The molecular weight excluding hydrogens is 1600 g/mol. The first-order valence-electron chi connectivity index (χ1n) is 49.2. The van der Waals surface area contributed by atoms with Gasteiger partial charge in [0, 0.05) is 5.41 Å². The minimum Gasteiger partial charge on any atom is -0.465 e. The predicted molar refractivity (Wildman–Crippen MR) is 555 cm³/mol. The SMILES string of the molecule is C.C.C.C.C.C.C.C.C.C.C.C.C.C.CC1C2CC(C(=O)OC(C)(C)C)C(C2)C1C.CC1C2CC(C(=O)OC(C)(C)C3(C)CC4CCCC(C4)C3)C(C2)C1C.CC1C2CC(C1C)C(C(C)(C)O)C2.CC1C2CC(C1C)C1(CCOC1=O)C2.CC1C2CC(O)C(C2)C1C.CCC(C)(C)OC(=O)C1CC2CC1C(C)C2C.CCC1(OC(=O)C2CC3CC2C(C)C3C)CCCCC1. The zero-order valence-corrected chi connectivity index (χ0v) is 78.3. The Morgan fingerprint density at radius 2 is 0.729 bits per heavy atom. The molecule has 16 bridgehead atoms. The predicted octanol–water partition coefficient (Wildman–Crippen LogP) is 32.8. The van der Waals surface area contributed by atoms with Gasteiger partial charge in [-0.15, -0.1) is 0 Å². The molecule has 12 heteroatoms. The zero-order valence-electron chi connectivity index (χ0n) is 78.3. The van der Waals surface area contributed by atoms with Crippen molar-refractivity contribution in [2.45, 2.75) is 498 Å². The fraction of sp³-hybridized carbons (Fsp3) is 0.957. The third-order valence-corrected chi connectivity index (χ3v) is 40.3. The summed E-state index contributed by atoms with van der Waals surface area (Å²) in [5, 5.41) is 19.6. The van der Waals surface area contributed by atoms with Crippen LogP contribution in [-0.4, -0.2) is 80.8 Å². The summed E-state index contributed by atoms with van der Waals surface area (Å²) in [4.78, 5) is 61.9. The lowest BCUT2D eigenvalue weighted by atomic mass is 9.56. The smallest absolute Gasteiger partial charge is 0.312 e. The van der Waals surface area contributed by atoms with Gasteiger partial charge in [-0.05, 0) is 400 Å². The summed E-state index contributed by atoms with van der Waals surface area (Å²) in [6.45, 7) is 58.3. The van der Waals surface area contributed by atoms with Crippen molar-refractivity contribution in [3.63, 3.8) is 0 Å². The summed E-state index contributed by atoms with van der Waals surface area (Å²) >= 11 is 0. The molecule has 0 aromatic heterocycles. The molecule has 18 aliphatic rings. The van der Waals surface area contributed by atoms with E-state index in [0.29, 0.717) is 71.7 Å². The molecule has 0 aromatic rings. The first-order chi connectivity index (χ1) is 53.7. The Morgan fingerprint density at radius 1 is 0.380 bits per heavy atom. The fourth-order valence-electron chi connectivity index (χ4n) is 30.6. The van der Waals surface area contributed by atoms with Gasteiger partial charge in [0.15, 0.2) is 0 Å². The normalized spacial score (nSPS) is 42.5. The summed E-state index contributed by atoms with van der Waals surface area (Å²) in [6, 6.07) is 0. The summed E-state index contributed by atoms with van der Waals surface area (Å²) in [5.74, 6) is 24.3. The van der Waals surface area contributed by atoms with Gasteiger partial charge in [0.1, 0.15) is 22.4 Å². The van der Waals surface area contributed by atoms with E-state index in [2.05, 4.69) is 132 Å². The lowest BCUT2D eigenvalue weighted by Crippen LogP contribution is -2.51. The molecule has 18 fully saturated rings. The van der Waals surface area contributed by atoms with Crippen molar-refractivity contribution in [1.82, 2.24) is 0 Å². The van der Waals surface area contributed by atoms with Crippen LogP contribution in [0, 0.1) is 218 Å². The molecule has 17 aliphatic carbocycles. The largest absolute Gasteiger partial charge is 0.465 e. The molecule has 1 spiro atoms. The quantitative estimate of drug-likeness (QED) is 0.148. The second-order valence-electron chi connectivity index (χ2n) is 47.9. The number of rotatable bonds is 11. The van der Waals surface area contributed by atoms with Gasteiger partial charge in [-0.3, -0.25) is 24.0 Å². The highest BCUT2D eigenvalue weighted by molar-refractivity contribution is 5.80. The molecular formula is C117H230O12. The number of hydrogen-bond acceptors (Lipinski definition) is 12. The van der Waals surface area contributed by atoms with E-state index >= 15 is 0 Å². The molecule has 37 unspecified atom stereocenters. The van der Waals surface area contributed by atoms with Crippen molar-refractivity contribution in [2.75, 3.05) is 6.61 Å². The maximum atomic E-state index is 13.1. The number of aliphatic hydroxyl groups excluding tert-OH is 1. The van der Waals surface area contributed by atoms with Gasteiger partial charge in [0.25, 0.3) is 0 Å². The van der Waals surface area contributed by atoms with E-state index in [1.54, 1.807) is 0 Å². The molecule has 0 radical (unpaired) electrons. The monoisotopic (exact) mass is 1830 g/mol. The molecule has 1 heterocycles. The van der Waals surface area contributed by atoms with Crippen molar-refractivity contribution in [3.05, 3.63) is 0 Å². The number of fused-ring (bicyclic) bond motifs is 17. The standard InChI is InChI=1S/C23H38O2.C18H30O2.C15H26O2.C14H24O2.C12H18O2.C12H22O.C9H16O.14CH4/c1-14-15(2)19-10-18(14)11-20(19)21(24)25-22(3,4)23(5)12-16-7-6-8-17(9-16)13-23;1-4-18(8-6-5-7-9-18)20-17(19)16-11-14-10-15(16)13(3)12(14)2;1-6-15(4,5)17-14(16)13-8-11-7-12(13)10(3)9(11)2;1-8-9(2)11-6-10(8)7-12(11)13(15)16-14(3,4)5;1-7-8(2)10-5-9(7)6-12(10)3-4-14-11(12)13;1-7-8(2)10-5-9(7)6-11(10)12(3,4)13;1-5-6(2)8-3-7(5)4-9(8)10;;;;;;;;;;;;;;/h14-20H,6-13H2,1-5H3;12-16H,4-11H2,1-3H3;9-13H,6-8H2,1-5H3;8-12H,6-7H2,1-5H3;7-10H,3-6H2,1-2H3;7-11,13H,5-6H2,1-4H3;5-10H,3-4H2,1-2H3;14*1H4. The van der Waals surface area contributed by atoms with Crippen molar-refractivity contribution in [2.24, 2.45) is 218 Å². The van der Waals surface area contributed by atoms with Crippen LogP contribution in [0.1, 0.15) is 464 Å². The van der Waals surface area contributed by atoms with Gasteiger partial charge in [0.05, 0.1) is 47.4 Å². The fourth-order valence-corrected chi connectivity index (χ4v) is 30.6. The summed E-state index contributed by atoms with van der Waals surface area (Å²) in [7, 11) is 0. The van der Waals surface area contributed by atoms with Gasteiger partial charge in [-0.25, -0.2) is 0 Å². The van der Waals surface area contributed by atoms with Crippen LogP contribution in [0.5, 0.6) is 0 Å². The van der Waals surface area contributed by atoms with E-state index < -0.39 is 5.60 Å². The number of esters is 5. The lowest BCUT2D eigenvalue weighted by molar-refractivity contribution is -0.185. The first-order valence-corrected chi connectivity index (χ1v) is 49.2. The number of carbonyl (C=O) groups excluding carboxylic acids is 5. The second-order valence-corrected chi connectivity index (χ2v) is 47.9. The molecule has 1 aliphatic heterocycles. The second kappa shape index (κ2) is 50.2. The third-order valence-electron chi connectivity index (χ3n) is 40.3. The van der Waals surface area contributed by atoms with Crippen LogP contribution < -0.4 is 0 Å². The summed E-state index contributed by atoms with van der Waals surface area (Å²) in [6.07, 6.45) is 33.6. The van der Waals surface area contributed by atoms with E-state index in [1.165, 1.54) is 109 Å². The number of ether oxygens (including phenoxy) is 5. The van der Waals surface area contributed by atoms with E-state index in [9.17, 15) is 34.2 Å². The van der Waals surface area contributed by atoms with Crippen LogP contribution in [0.3, 0.4) is 0 Å². The molecule has 2 N–H and O–H groups in total. The molecule has 18 rings (SSSR count). The van der Waals surface area contributed by atoms with Crippen LogP contribution in [-0.2, 0) is 47.7 Å². The minimum atomic E-state index is -0.451.